The van der Waals surface area contributed by atoms with Gasteiger partial charge in [-0.25, -0.2) is 0 Å². The van der Waals surface area contributed by atoms with E-state index in [0.29, 0.717) is 23.4 Å². The summed E-state index contributed by atoms with van der Waals surface area (Å²) < 4.78 is 7.05. The summed E-state index contributed by atoms with van der Waals surface area (Å²) in [7, 11) is 1.62. The van der Waals surface area contributed by atoms with E-state index in [2.05, 4.69) is 11.4 Å². The van der Waals surface area contributed by atoms with Crippen LogP contribution in [-0.4, -0.2) is 22.8 Å². The SMILES string of the molecule is COc1ccc(-c2nn(Cc3ccccc3)cc2C(=O)NC(C)c2ccc(C#N)cc2)cc1. The molecule has 0 aliphatic carbocycles. The van der Waals surface area contributed by atoms with Crippen molar-refractivity contribution in [2.75, 3.05) is 7.11 Å². The summed E-state index contributed by atoms with van der Waals surface area (Å²) in [6, 6.07) is 26.6. The summed E-state index contributed by atoms with van der Waals surface area (Å²) in [5.41, 5.74) is 4.54. The highest BCUT2D eigenvalue weighted by molar-refractivity contribution is 6.00. The van der Waals surface area contributed by atoms with Gasteiger partial charge >= 0.3 is 0 Å². The monoisotopic (exact) mass is 436 g/mol. The smallest absolute Gasteiger partial charge is 0.255 e. The topological polar surface area (TPSA) is 79.9 Å². The highest BCUT2D eigenvalue weighted by Crippen LogP contribution is 2.26. The van der Waals surface area contributed by atoms with E-state index >= 15 is 0 Å². The molecule has 6 nitrogen and oxygen atoms in total. The summed E-state index contributed by atoms with van der Waals surface area (Å²) in [5, 5.41) is 16.8. The van der Waals surface area contributed by atoms with Crippen molar-refractivity contribution < 1.29 is 9.53 Å². The quantitative estimate of drug-likeness (QED) is 0.444. The van der Waals surface area contributed by atoms with Crippen LogP contribution in [-0.2, 0) is 6.54 Å². The van der Waals surface area contributed by atoms with Gasteiger partial charge in [-0.05, 0) is 54.4 Å². The molecule has 164 valence electrons. The first-order valence-electron chi connectivity index (χ1n) is 10.6. The largest absolute Gasteiger partial charge is 0.497 e. The van der Waals surface area contributed by atoms with Gasteiger partial charge in [0.25, 0.3) is 5.91 Å². The van der Waals surface area contributed by atoms with Crippen molar-refractivity contribution >= 4 is 5.91 Å². The molecule has 0 saturated heterocycles. The number of nitrogens with one attached hydrogen (secondary N) is 1. The standard InChI is InChI=1S/C27H24N4O2/c1-19(22-10-8-20(16-28)9-11-22)29-27(32)25-18-31(17-21-6-4-3-5-7-21)30-26(25)23-12-14-24(33-2)15-13-23/h3-15,18-19H,17H2,1-2H3,(H,29,32). The molecule has 33 heavy (non-hydrogen) atoms. The molecule has 1 heterocycles. The molecule has 0 saturated carbocycles. The molecule has 0 spiro atoms. The van der Waals surface area contributed by atoms with Gasteiger partial charge in [-0.1, -0.05) is 42.5 Å². The minimum Gasteiger partial charge on any atom is -0.497 e. The third-order valence-corrected chi connectivity index (χ3v) is 5.44. The lowest BCUT2D eigenvalue weighted by molar-refractivity contribution is 0.0940. The van der Waals surface area contributed by atoms with Crippen LogP contribution in [0.2, 0.25) is 0 Å². The number of methoxy groups -OCH3 is 1. The van der Waals surface area contributed by atoms with Crippen molar-refractivity contribution in [3.63, 3.8) is 0 Å². The first kappa shape index (κ1) is 21.8. The van der Waals surface area contributed by atoms with Crippen molar-refractivity contribution in [1.29, 1.82) is 5.26 Å². The number of nitrogens with zero attached hydrogens (tertiary/aromatic N) is 3. The number of hydrogen-bond donors (Lipinski definition) is 1. The Morgan fingerprint density at radius 2 is 1.76 bits per heavy atom. The summed E-state index contributed by atoms with van der Waals surface area (Å²) in [6.45, 7) is 2.48. The van der Waals surface area contributed by atoms with Crippen LogP contribution in [0.5, 0.6) is 5.75 Å². The Hall–Kier alpha value is -4.37. The molecule has 0 aliphatic heterocycles. The fourth-order valence-corrected chi connectivity index (χ4v) is 3.61. The van der Waals surface area contributed by atoms with E-state index in [1.54, 1.807) is 30.1 Å². The van der Waals surface area contributed by atoms with Crippen LogP contribution >= 0.6 is 0 Å². The molecule has 4 aromatic rings. The lowest BCUT2D eigenvalue weighted by atomic mass is 10.0. The van der Waals surface area contributed by atoms with Gasteiger partial charge in [0.05, 0.1) is 36.9 Å². The molecule has 0 bridgehead atoms. The zero-order valence-corrected chi connectivity index (χ0v) is 18.5. The third kappa shape index (κ3) is 5.10. The highest BCUT2D eigenvalue weighted by atomic mass is 16.5. The first-order chi connectivity index (χ1) is 16.1. The second kappa shape index (κ2) is 9.84. The lowest BCUT2D eigenvalue weighted by Gasteiger charge is -2.14. The number of ether oxygens (including phenoxy) is 1. The summed E-state index contributed by atoms with van der Waals surface area (Å²) >= 11 is 0. The van der Waals surface area contributed by atoms with Gasteiger partial charge in [0.15, 0.2) is 0 Å². The Bertz CT molecular complexity index is 1270. The summed E-state index contributed by atoms with van der Waals surface area (Å²) in [6.07, 6.45) is 1.79. The number of nitriles is 1. The molecule has 0 radical (unpaired) electrons. The van der Waals surface area contributed by atoms with Crippen LogP contribution in [0.1, 0.15) is 40.0 Å². The molecule has 1 unspecified atom stereocenters. The molecular formula is C27H24N4O2. The van der Waals surface area contributed by atoms with E-state index in [1.807, 2.05) is 73.7 Å². The maximum absolute atomic E-state index is 13.3. The van der Waals surface area contributed by atoms with Gasteiger partial charge in [0.2, 0.25) is 0 Å². The number of amides is 1. The van der Waals surface area contributed by atoms with Crippen LogP contribution in [0.3, 0.4) is 0 Å². The average Bonchev–Trinajstić information content (AvgIpc) is 3.28. The Balaban J connectivity index is 1.63. The van der Waals surface area contributed by atoms with Gasteiger partial charge in [-0.2, -0.15) is 10.4 Å². The highest BCUT2D eigenvalue weighted by Gasteiger charge is 2.20. The molecule has 1 amide bonds. The van der Waals surface area contributed by atoms with E-state index in [-0.39, 0.29) is 11.9 Å². The molecule has 0 fully saturated rings. The van der Waals surface area contributed by atoms with Gasteiger partial charge in [0.1, 0.15) is 11.4 Å². The van der Waals surface area contributed by atoms with E-state index in [4.69, 9.17) is 15.1 Å². The maximum atomic E-state index is 13.3. The van der Waals surface area contributed by atoms with Crippen molar-refractivity contribution in [3.8, 4) is 23.1 Å². The second-order valence-electron chi connectivity index (χ2n) is 7.73. The van der Waals surface area contributed by atoms with E-state index < -0.39 is 0 Å². The van der Waals surface area contributed by atoms with Crippen molar-refractivity contribution in [2.45, 2.75) is 19.5 Å². The number of carbonyl (C=O) groups excluding carboxylic acids is 1. The summed E-state index contributed by atoms with van der Waals surface area (Å²) in [5.74, 6) is 0.528. The van der Waals surface area contributed by atoms with Crippen molar-refractivity contribution in [2.24, 2.45) is 0 Å². The van der Waals surface area contributed by atoms with Crippen molar-refractivity contribution in [1.82, 2.24) is 15.1 Å². The average molecular weight is 437 g/mol. The van der Waals surface area contributed by atoms with Gasteiger partial charge in [-0.15, -0.1) is 0 Å². The fraction of sp³-hybridized carbons (Fsp3) is 0.148. The molecule has 4 rings (SSSR count). The molecule has 1 aromatic heterocycles. The van der Waals surface area contributed by atoms with E-state index in [9.17, 15) is 4.79 Å². The zero-order valence-electron chi connectivity index (χ0n) is 18.5. The number of aromatic nitrogens is 2. The van der Waals surface area contributed by atoms with Crippen LogP contribution in [0, 0.1) is 11.3 Å². The van der Waals surface area contributed by atoms with Gasteiger partial charge in [0, 0.05) is 11.8 Å². The zero-order chi connectivity index (χ0) is 23.2. The van der Waals surface area contributed by atoms with Crippen LogP contribution in [0.25, 0.3) is 11.3 Å². The first-order valence-corrected chi connectivity index (χ1v) is 10.6. The van der Waals surface area contributed by atoms with Crippen LogP contribution in [0.15, 0.2) is 85.1 Å². The molecule has 3 aromatic carbocycles. The number of rotatable bonds is 7. The molecule has 6 heteroatoms. The predicted molar refractivity (Wildman–Crippen MR) is 127 cm³/mol. The molecule has 1 N–H and O–H groups in total. The van der Waals surface area contributed by atoms with Gasteiger partial charge < -0.3 is 10.1 Å². The summed E-state index contributed by atoms with van der Waals surface area (Å²) in [4.78, 5) is 13.3. The number of benzene rings is 3. The molecular weight excluding hydrogens is 412 g/mol. The lowest BCUT2D eigenvalue weighted by Crippen LogP contribution is -2.26. The van der Waals surface area contributed by atoms with Crippen LogP contribution in [0.4, 0.5) is 0 Å². The van der Waals surface area contributed by atoms with E-state index in [0.717, 1.165) is 22.4 Å². The number of carbonyl (C=O) groups is 1. The minimum absolute atomic E-state index is 0.211. The fourth-order valence-electron chi connectivity index (χ4n) is 3.61. The Kier molecular flexibility index (Phi) is 6.51. The Morgan fingerprint density at radius 1 is 1.06 bits per heavy atom. The Morgan fingerprint density at radius 3 is 2.39 bits per heavy atom. The Labute approximate surface area is 193 Å². The third-order valence-electron chi connectivity index (χ3n) is 5.44. The number of hydrogen-bond acceptors (Lipinski definition) is 4. The predicted octanol–water partition coefficient (Wildman–Crippen LogP) is 4.97. The van der Waals surface area contributed by atoms with Crippen molar-refractivity contribution in [3.05, 3.63) is 107 Å². The normalized spacial score (nSPS) is 11.4. The van der Waals surface area contributed by atoms with Gasteiger partial charge in [-0.3, -0.25) is 9.48 Å². The van der Waals surface area contributed by atoms with Crippen LogP contribution < -0.4 is 10.1 Å². The molecule has 0 aliphatic rings. The van der Waals surface area contributed by atoms with E-state index in [1.165, 1.54) is 0 Å². The maximum Gasteiger partial charge on any atom is 0.255 e. The second-order valence-corrected chi connectivity index (χ2v) is 7.73. The minimum atomic E-state index is -0.230. The molecule has 1 atom stereocenters.